The molecule has 10 nitrogen and oxygen atoms in total. The fraction of sp³-hybridized carbons (Fsp3) is 0.227. The quantitative estimate of drug-likeness (QED) is 0.207. The summed E-state index contributed by atoms with van der Waals surface area (Å²) in [5.41, 5.74) is 1.83. The Hall–Kier alpha value is -3.58. The zero-order valence-corrected chi connectivity index (χ0v) is 20.3. The Morgan fingerprint density at radius 3 is 2.71 bits per heavy atom. The Morgan fingerprint density at radius 2 is 2.03 bits per heavy atom. The van der Waals surface area contributed by atoms with E-state index < -0.39 is 28.8 Å². The van der Waals surface area contributed by atoms with E-state index in [1.807, 2.05) is 6.92 Å². The van der Waals surface area contributed by atoms with Crippen molar-refractivity contribution in [3.05, 3.63) is 86.1 Å². The van der Waals surface area contributed by atoms with Crippen LogP contribution in [0, 0.1) is 15.9 Å². The molecular formula is C22H19BBrFN6O4. The molecule has 0 aliphatic carbocycles. The molecular weight excluding hydrogens is 522 g/mol. The highest BCUT2D eigenvalue weighted by atomic mass is 79.9. The van der Waals surface area contributed by atoms with Gasteiger partial charge in [-0.05, 0) is 69.5 Å². The first-order chi connectivity index (χ1) is 16.7. The highest BCUT2D eigenvalue weighted by Gasteiger charge is 2.25. The third kappa shape index (κ3) is 4.82. The van der Waals surface area contributed by atoms with Crippen molar-refractivity contribution in [2.45, 2.75) is 32.6 Å². The van der Waals surface area contributed by atoms with Crippen LogP contribution in [0.25, 0.3) is 5.69 Å². The molecule has 0 saturated carbocycles. The molecule has 3 heterocycles. The van der Waals surface area contributed by atoms with Crippen LogP contribution in [0.15, 0.2) is 53.4 Å². The number of hydrogen-bond donors (Lipinski definition) is 1. The fourth-order valence-electron chi connectivity index (χ4n) is 3.69. The number of aliphatic hydroxyl groups excluding tert-OH is 1. The first kappa shape index (κ1) is 24.5. The summed E-state index contributed by atoms with van der Waals surface area (Å²) < 4.78 is 23.6. The molecule has 4 rings (SSSR count). The molecule has 0 saturated heterocycles. The molecule has 0 amide bonds. The second-order valence-corrected chi connectivity index (χ2v) is 8.48. The summed E-state index contributed by atoms with van der Waals surface area (Å²) in [5.74, 6) is -1.10. The summed E-state index contributed by atoms with van der Waals surface area (Å²) in [4.78, 5) is 14.5. The Kier molecular flexibility index (Phi) is 6.99. The van der Waals surface area contributed by atoms with Crippen LogP contribution in [-0.2, 0) is 6.54 Å². The molecule has 178 valence electrons. The van der Waals surface area contributed by atoms with E-state index in [0.717, 1.165) is 0 Å². The highest BCUT2D eigenvalue weighted by molar-refractivity contribution is 9.10. The largest absolute Gasteiger partial charge is 0.478 e. The van der Waals surface area contributed by atoms with Gasteiger partial charge in [0.15, 0.2) is 6.20 Å². The van der Waals surface area contributed by atoms with Crippen LogP contribution in [0.2, 0.25) is 0 Å². The number of rotatable bonds is 8. The van der Waals surface area contributed by atoms with Crippen LogP contribution in [0.3, 0.4) is 0 Å². The van der Waals surface area contributed by atoms with Gasteiger partial charge in [0, 0.05) is 29.9 Å². The van der Waals surface area contributed by atoms with Crippen molar-refractivity contribution in [2.75, 3.05) is 0 Å². The molecule has 13 heteroatoms. The molecule has 1 N–H and O–H groups in total. The van der Waals surface area contributed by atoms with Gasteiger partial charge in [0.25, 0.3) is 0 Å². The van der Waals surface area contributed by atoms with E-state index >= 15 is 0 Å². The fourth-order valence-corrected chi connectivity index (χ4v) is 4.00. The van der Waals surface area contributed by atoms with Crippen LogP contribution in [0.4, 0.5) is 10.2 Å². The maximum atomic E-state index is 14.3. The van der Waals surface area contributed by atoms with Crippen molar-refractivity contribution >= 4 is 35.2 Å². The Morgan fingerprint density at radius 1 is 1.26 bits per heavy atom. The number of ether oxygens (including phenoxy) is 1. The Labute approximate surface area is 209 Å². The monoisotopic (exact) mass is 540 g/mol. The van der Waals surface area contributed by atoms with E-state index in [2.05, 4.69) is 31.1 Å². The van der Waals surface area contributed by atoms with Crippen LogP contribution in [0.5, 0.6) is 5.75 Å². The number of hydrogen-bond acceptors (Lipinski definition) is 7. The number of aryl methyl sites for hydroxylation is 1. The average Bonchev–Trinajstić information content (AvgIpc) is 3.45. The average molecular weight is 541 g/mol. The molecule has 0 aliphatic heterocycles. The normalized spacial score (nSPS) is 12.9. The van der Waals surface area contributed by atoms with Gasteiger partial charge in [-0.25, -0.2) is 9.07 Å². The van der Waals surface area contributed by atoms with Crippen LogP contribution in [0.1, 0.15) is 42.9 Å². The zero-order valence-electron chi connectivity index (χ0n) is 18.7. The summed E-state index contributed by atoms with van der Waals surface area (Å²) in [6.07, 6.45) is 2.24. The molecule has 0 spiro atoms. The maximum Gasteiger partial charge on any atom is 0.406 e. The lowest BCUT2D eigenvalue weighted by atomic mass is 9.94. The number of halogens is 2. The molecule has 35 heavy (non-hydrogen) atoms. The molecule has 2 unspecified atom stereocenters. The van der Waals surface area contributed by atoms with Gasteiger partial charge in [-0.1, -0.05) is 0 Å². The molecule has 4 aromatic rings. The standard InChI is InChI=1S/C22H19BBrFN6O4/c1-3-29-21(23)16(11-28-29)20(32)18-6-7-27-30(18)17-5-4-14(25)9-15(17)12(2)35-19-8-13(24)10-26-22(19)31(33)34/h4-12,20,32H,3H2,1-2H3. The minimum absolute atomic E-state index is 0.0902. The van der Waals surface area contributed by atoms with E-state index in [-0.39, 0.29) is 5.75 Å². The van der Waals surface area contributed by atoms with E-state index in [9.17, 15) is 19.6 Å². The number of nitro groups is 1. The summed E-state index contributed by atoms with van der Waals surface area (Å²) in [5, 5.41) is 30.9. The summed E-state index contributed by atoms with van der Waals surface area (Å²) >= 11 is 3.23. The zero-order chi connectivity index (χ0) is 25.3. The van der Waals surface area contributed by atoms with Crippen LogP contribution in [-0.4, -0.2) is 42.4 Å². The lowest BCUT2D eigenvalue weighted by molar-refractivity contribution is -0.390. The third-order valence-electron chi connectivity index (χ3n) is 5.39. The second kappa shape index (κ2) is 9.96. The van der Waals surface area contributed by atoms with Gasteiger partial charge in [-0.3, -0.25) is 4.68 Å². The number of aliphatic hydroxyl groups is 1. The maximum absolute atomic E-state index is 14.3. The minimum Gasteiger partial charge on any atom is -0.478 e. The van der Waals surface area contributed by atoms with Crippen molar-refractivity contribution in [1.29, 1.82) is 0 Å². The minimum atomic E-state index is -1.16. The van der Waals surface area contributed by atoms with E-state index in [4.69, 9.17) is 12.6 Å². The van der Waals surface area contributed by atoms with Gasteiger partial charge < -0.3 is 20.0 Å². The second-order valence-electron chi connectivity index (χ2n) is 7.57. The van der Waals surface area contributed by atoms with Crippen LogP contribution < -0.4 is 10.3 Å². The molecule has 1 aromatic carbocycles. The first-order valence-corrected chi connectivity index (χ1v) is 11.3. The van der Waals surface area contributed by atoms with Crippen molar-refractivity contribution in [2.24, 2.45) is 0 Å². The molecule has 0 bridgehead atoms. The van der Waals surface area contributed by atoms with Gasteiger partial charge >= 0.3 is 5.82 Å². The van der Waals surface area contributed by atoms with Crippen molar-refractivity contribution in [3.8, 4) is 11.4 Å². The van der Waals surface area contributed by atoms with E-state index in [1.165, 1.54) is 47.5 Å². The van der Waals surface area contributed by atoms with Crippen molar-refractivity contribution in [3.63, 3.8) is 0 Å². The van der Waals surface area contributed by atoms with Crippen molar-refractivity contribution in [1.82, 2.24) is 24.5 Å². The summed E-state index contributed by atoms with van der Waals surface area (Å²) in [7, 11) is 6.12. The number of benzene rings is 1. The summed E-state index contributed by atoms with van der Waals surface area (Å²) in [6.45, 7) is 4.03. The molecule has 0 aliphatic rings. The summed E-state index contributed by atoms with van der Waals surface area (Å²) in [6, 6.07) is 7.00. The van der Waals surface area contributed by atoms with Gasteiger partial charge in [0.1, 0.15) is 25.9 Å². The molecule has 0 fully saturated rings. The lowest BCUT2D eigenvalue weighted by Crippen LogP contribution is -2.23. The predicted molar refractivity (Wildman–Crippen MR) is 129 cm³/mol. The topological polar surface area (TPSA) is 121 Å². The highest BCUT2D eigenvalue weighted by Crippen LogP contribution is 2.34. The first-order valence-electron chi connectivity index (χ1n) is 10.5. The smallest absolute Gasteiger partial charge is 0.406 e. The van der Waals surface area contributed by atoms with E-state index in [1.54, 1.807) is 17.7 Å². The van der Waals surface area contributed by atoms with Gasteiger partial charge in [0.05, 0.1) is 22.1 Å². The number of nitrogens with zero attached hydrogens (tertiary/aromatic N) is 6. The number of pyridine rings is 1. The molecule has 2 atom stereocenters. The van der Waals surface area contributed by atoms with Crippen LogP contribution >= 0.6 is 15.9 Å². The van der Waals surface area contributed by atoms with Gasteiger partial charge in [0.2, 0.25) is 5.75 Å². The van der Waals surface area contributed by atoms with Gasteiger partial charge in [-0.15, -0.1) is 0 Å². The Balaban J connectivity index is 1.75. The van der Waals surface area contributed by atoms with Crippen molar-refractivity contribution < 1.29 is 19.2 Å². The third-order valence-corrected chi connectivity index (χ3v) is 5.82. The SMILES string of the molecule is [B]c1c(C(O)c2ccnn2-c2ccc(F)cc2C(C)Oc2cc(Br)cnc2[N+](=O)[O-])cnn1CC. The van der Waals surface area contributed by atoms with Gasteiger partial charge in [-0.2, -0.15) is 10.2 Å². The predicted octanol–water partition coefficient (Wildman–Crippen LogP) is 3.31. The Bertz CT molecular complexity index is 1390. The number of aromatic nitrogens is 5. The molecule has 2 radical (unpaired) electrons. The molecule has 3 aromatic heterocycles. The lowest BCUT2D eigenvalue weighted by Gasteiger charge is -2.20. The van der Waals surface area contributed by atoms with E-state index in [0.29, 0.717) is 39.1 Å².